The Kier molecular flexibility index (Phi) is 7.80. The first kappa shape index (κ1) is 20.6. The van der Waals surface area contributed by atoms with E-state index in [2.05, 4.69) is 40.8 Å². The van der Waals surface area contributed by atoms with Crippen LogP contribution >= 0.6 is 0 Å². The summed E-state index contributed by atoms with van der Waals surface area (Å²) in [6.45, 7) is 20.2. The highest BCUT2D eigenvalue weighted by Crippen LogP contribution is 2.25. The maximum absolute atomic E-state index is 3.50. The molecule has 1 N–H and O–H groups in total. The molecule has 0 saturated carbocycles. The van der Waals surface area contributed by atoms with Crippen LogP contribution < -0.4 is 5.32 Å². The maximum atomic E-state index is 3.50. The van der Waals surface area contributed by atoms with Crippen molar-refractivity contribution in [1.29, 1.82) is 0 Å². The minimum Gasteiger partial charge on any atom is -0.317 e. The smallest absolute Gasteiger partial charge is 0.0280 e. The molecule has 26 heavy (non-hydrogen) atoms. The topological polar surface area (TPSA) is 21.8 Å². The molecule has 3 rings (SSSR count). The van der Waals surface area contributed by atoms with Gasteiger partial charge in [-0.15, -0.1) is 0 Å². The van der Waals surface area contributed by atoms with Gasteiger partial charge >= 0.3 is 0 Å². The molecule has 152 valence electrons. The lowest BCUT2D eigenvalue weighted by Gasteiger charge is -2.48. The molecule has 3 saturated heterocycles. The first-order valence-electron chi connectivity index (χ1n) is 11.5. The Hall–Kier alpha value is -0.160. The molecule has 3 fully saturated rings. The van der Waals surface area contributed by atoms with Crippen LogP contribution in [-0.4, -0.2) is 85.7 Å². The Morgan fingerprint density at radius 1 is 0.846 bits per heavy atom. The standard InChI is InChI=1S/C22H44N4/c1-4-5-12-26-16-15-25(19-22(26,2)3)18-21-8-13-24(14-9-21)17-20-6-10-23-11-7-20/h20-21,23H,4-19H2,1-3H3. The summed E-state index contributed by atoms with van der Waals surface area (Å²) in [5, 5.41) is 3.50. The van der Waals surface area contributed by atoms with E-state index >= 15 is 0 Å². The molecule has 0 radical (unpaired) electrons. The van der Waals surface area contributed by atoms with Gasteiger partial charge in [-0.1, -0.05) is 13.3 Å². The van der Waals surface area contributed by atoms with Crippen molar-refractivity contribution >= 4 is 0 Å². The molecular weight excluding hydrogens is 320 g/mol. The zero-order valence-electron chi connectivity index (χ0n) is 17.8. The van der Waals surface area contributed by atoms with E-state index in [0.717, 1.165) is 11.8 Å². The van der Waals surface area contributed by atoms with Gasteiger partial charge in [0.1, 0.15) is 0 Å². The van der Waals surface area contributed by atoms with Gasteiger partial charge in [0, 0.05) is 38.3 Å². The quantitative estimate of drug-likeness (QED) is 0.750. The van der Waals surface area contributed by atoms with Crippen LogP contribution in [0.4, 0.5) is 0 Å². The second-order valence-corrected chi connectivity index (χ2v) is 9.83. The van der Waals surface area contributed by atoms with Gasteiger partial charge < -0.3 is 10.2 Å². The molecule has 0 amide bonds. The van der Waals surface area contributed by atoms with E-state index < -0.39 is 0 Å². The van der Waals surface area contributed by atoms with Gasteiger partial charge in [0.05, 0.1) is 0 Å². The lowest BCUT2D eigenvalue weighted by molar-refractivity contribution is 0.00689. The molecule has 0 spiro atoms. The number of nitrogens with zero attached hydrogens (tertiary/aromatic N) is 3. The fourth-order valence-electron chi connectivity index (χ4n) is 5.36. The number of piperidine rings is 2. The van der Waals surface area contributed by atoms with Gasteiger partial charge in [-0.25, -0.2) is 0 Å². The van der Waals surface area contributed by atoms with E-state index in [1.54, 1.807) is 0 Å². The highest BCUT2D eigenvalue weighted by Gasteiger charge is 2.34. The van der Waals surface area contributed by atoms with Crippen LogP contribution in [0.25, 0.3) is 0 Å². The minimum atomic E-state index is 0.350. The number of hydrogen-bond acceptors (Lipinski definition) is 4. The van der Waals surface area contributed by atoms with Crippen molar-refractivity contribution in [1.82, 2.24) is 20.0 Å². The van der Waals surface area contributed by atoms with Crippen molar-refractivity contribution in [2.75, 3.05) is 65.4 Å². The van der Waals surface area contributed by atoms with Crippen LogP contribution in [-0.2, 0) is 0 Å². The summed E-state index contributed by atoms with van der Waals surface area (Å²) in [4.78, 5) is 8.27. The number of rotatable bonds is 7. The van der Waals surface area contributed by atoms with Crippen LogP contribution in [0.1, 0.15) is 59.3 Å². The molecular formula is C22H44N4. The molecule has 0 aromatic carbocycles. The summed E-state index contributed by atoms with van der Waals surface area (Å²) in [6.07, 6.45) is 8.27. The third kappa shape index (κ3) is 5.92. The van der Waals surface area contributed by atoms with Crippen molar-refractivity contribution in [3.05, 3.63) is 0 Å². The van der Waals surface area contributed by atoms with Gasteiger partial charge in [0.25, 0.3) is 0 Å². The highest BCUT2D eigenvalue weighted by atomic mass is 15.3. The molecule has 0 aliphatic carbocycles. The summed E-state index contributed by atoms with van der Waals surface area (Å²) in [5.41, 5.74) is 0.350. The van der Waals surface area contributed by atoms with E-state index in [4.69, 9.17) is 0 Å². The molecule has 3 aliphatic rings. The van der Waals surface area contributed by atoms with Crippen LogP contribution in [0.5, 0.6) is 0 Å². The summed E-state index contributed by atoms with van der Waals surface area (Å²) in [7, 11) is 0. The molecule has 4 nitrogen and oxygen atoms in total. The van der Waals surface area contributed by atoms with Crippen LogP contribution in [0.3, 0.4) is 0 Å². The summed E-state index contributed by atoms with van der Waals surface area (Å²) >= 11 is 0. The fraction of sp³-hybridized carbons (Fsp3) is 1.00. The molecule has 0 bridgehead atoms. The normalized spacial score (nSPS) is 27.8. The molecule has 0 aromatic heterocycles. The molecule has 3 heterocycles. The third-order valence-electron chi connectivity index (χ3n) is 7.13. The predicted molar refractivity (Wildman–Crippen MR) is 112 cm³/mol. The van der Waals surface area contributed by atoms with E-state index in [0.29, 0.717) is 5.54 Å². The largest absolute Gasteiger partial charge is 0.317 e. The Morgan fingerprint density at radius 3 is 2.15 bits per heavy atom. The zero-order chi connectivity index (χ0) is 18.4. The number of hydrogen-bond donors (Lipinski definition) is 1. The zero-order valence-corrected chi connectivity index (χ0v) is 17.8. The van der Waals surface area contributed by atoms with Crippen molar-refractivity contribution in [3.8, 4) is 0 Å². The Bertz CT molecular complexity index is 397. The average molecular weight is 365 g/mol. The number of nitrogens with one attached hydrogen (secondary N) is 1. The molecule has 0 unspecified atom stereocenters. The number of likely N-dealkylation sites (tertiary alicyclic amines) is 1. The number of unbranched alkanes of at least 4 members (excludes halogenated alkanes) is 1. The average Bonchev–Trinajstić information content (AvgIpc) is 2.63. The third-order valence-corrected chi connectivity index (χ3v) is 7.13. The van der Waals surface area contributed by atoms with Gasteiger partial charge in [-0.05, 0) is 90.5 Å². The van der Waals surface area contributed by atoms with Crippen LogP contribution in [0.2, 0.25) is 0 Å². The van der Waals surface area contributed by atoms with Crippen LogP contribution in [0.15, 0.2) is 0 Å². The summed E-state index contributed by atoms with van der Waals surface area (Å²) in [5.74, 6) is 1.88. The molecule has 3 aliphatic heterocycles. The van der Waals surface area contributed by atoms with E-state index in [1.807, 2.05) is 0 Å². The lowest BCUT2D eigenvalue weighted by Crippen LogP contribution is -2.60. The van der Waals surface area contributed by atoms with E-state index in [9.17, 15) is 0 Å². The number of piperazine rings is 1. The van der Waals surface area contributed by atoms with E-state index in [-0.39, 0.29) is 0 Å². The van der Waals surface area contributed by atoms with Gasteiger partial charge in [-0.3, -0.25) is 9.80 Å². The second kappa shape index (κ2) is 9.86. The van der Waals surface area contributed by atoms with Crippen molar-refractivity contribution in [3.63, 3.8) is 0 Å². The molecule has 0 atom stereocenters. The Morgan fingerprint density at radius 2 is 1.50 bits per heavy atom. The van der Waals surface area contributed by atoms with Gasteiger partial charge in [0.15, 0.2) is 0 Å². The molecule has 0 aromatic rings. The lowest BCUT2D eigenvalue weighted by atomic mass is 9.91. The summed E-state index contributed by atoms with van der Waals surface area (Å²) < 4.78 is 0. The maximum Gasteiger partial charge on any atom is 0.0280 e. The second-order valence-electron chi connectivity index (χ2n) is 9.83. The Balaban J connectivity index is 1.36. The predicted octanol–water partition coefficient (Wildman–Crippen LogP) is 2.89. The SMILES string of the molecule is CCCCN1CCN(CC2CCN(CC3CCNCC3)CC2)CC1(C)C. The first-order chi connectivity index (χ1) is 12.6. The molecule has 4 heteroatoms. The first-order valence-corrected chi connectivity index (χ1v) is 11.5. The monoisotopic (exact) mass is 364 g/mol. The van der Waals surface area contributed by atoms with Crippen molar-refractivity contribution in [2.24, 2.45) is 11.8 Å². The van der Waals surface area contributed by atoms with Gasteiger partial charge in [-0.2, -0.15) is 0 Å². The highest BCUT2D eigenvalue weighted by molar-refractivity contribution is 4.91. The Labute approximate surface area is 162 Å². The van der Waals surface area contributed by atoms with Gasteiger partial charge in [0.2, 0.25) is 0 Å². The van der Waals surface area contributed by atoms with E-state index in [1.165, 1.54) is 104 Å². The minimum absolute atomic E-state index is 0.350. The van der Waals surface area contributed by atoms with Crippen molar-refractivity contribution < 1.29 is 0 Å². The fourth-order valence-corrected chi connectivity index (χ4v) is 5.36. The summed E-state index contributed by atoms with van der Waals surface area (Å²) in [6, 6.07) is 0. The van der Waals surface area contributed by atoms with Crippen LogP contribution in [0, 0.1) is 11.8 Å². The van der Waals surface area contributed by atoms with Crippen molar-refractivity contribution in [2.45, 2.75) is 64.8 Å².